The van der Waals surface area contributed by atoms with Crippen molar-refractivity contribution < 1.29 is 0 Å². The van der Waals surface area contributed by atoms with E-state index >= 15 is 0 Å². The molecule has 0 unspecified atom stereocenters. The quantitative estimate of drug-likeness (QED) is 0.806. The van der Waals surface area contributed by atoms with Crippen LogP contribution in [0.5, 0.6) is 0 Å². The van der Waals surface area contributed by atoms with Gasteiger partial charge in [-0.3, -0.25) is 4.79 Å². The third-order valence-electron chi connectivity index (χ3n) is 3.50. The Morgan fingerprint density at radius 1 is 1.14 bits per heavy atom. The summed E-state index contributed by atoms with van der Waals surface area (Å²) in [6.07, 6.45) is 1.10. The highest BCUT2D eigenvalue weighted by molar-refractivity contribution is 6.30. The summed E-state index contributed by atoms with van der Waals surface area (Å²) in [5.41, 5.74) is 0.726. The van der Waals surface area contributed by atoms with E-state index in [0.717, 1.165) is 34.7 Å². The molecule has 1 aliphatic heterocycles. The van der Waals surface area contributed by atoms with Crippen LogP contribution < -0.4 is 21.2 Å². The van der Waals surface area contributed by atoms with Gasteiger partial charge in [0.15, 0.2) is 0 Å². The maximum atomic E-state index is 11.5. The van der Waals surface area contributed by atoms with Crippen molar-refractivity contribution >= 4 is 23.2 Å². The Bertz CT molecular complexity index is 695. The first-order chi connectivity index (χ1) is 10.1. The molecule has 0 atom stereocenters. The van der Waals surface area contributed by atoms with Crippen LogP contribution in [0.15, 0.2) is 35.3 Å². The molecule has 0 spiro atoms. The number of hydrogen-bond donors (Lipinski definition) is 1. The SMILES string of the molecule is Nn1c(N2CCN(c3cccc(Cl)c3)CC2)nncc1=O. The molecule has 3 rings (SSSR count). The van der Waals surface area contributed by atoms with E-state index in [0.29, 0.717) is 19.0 Å². The minimum absolute atomic E-state index is 0.364. The number of hydrogen-bond acceptors (Lipinski definition) is 6. The third-order valence-corrected chi connectivity index (χ3v) is 3.74. The summed E-state index contributed by atoms with van der Waals surface area (Å²) in [5, 5.41) is 8.34. The molecule has 0 radical (unpaired) electrons. The number of nitrogens with two attached hydrogens (primary N) is 1. The number of piperazine rings is 1. The fourth-order valence-corrected chi connectivity index (χ4v) is 2.58. The lowest BCUT2D eigenvalue weighted by molar-refractivity contribution is 0.618. The van der Waals surface area contributed by atoms with Gasteiger partial charge in [0.25, 0.3) is 5.56 Å². The Hall–Kier alpha value is -2.28. The average Bonchev–Trinajstić information content (AvgIpc) is 2.50. The van der Waals surface area contributed by atoms with Crippen LogP contribution in [0.1, 0.15) is 0 Å². The van der Waals surface area contributed by atoms with Gasteiger partial charge in [-0.05, 0) is 18.2 Å². The van der Waals surface area contributed by atoms with E-state index in [1.807, 2.05) is 29.2 Å². The predicted molar refractivity (Wildman–Crippen MR) is 82.3 cm³/mol. The van der Waals surface area contributed by atoms with Crippen LogP contribution in [0.3, 0.4) is 0 Å². The molecule has 0 bridgehead atoms. The Morgan fingerprint density at radius 2 is 1.86 bits per heavy atom. The lowest BCUT2D eigenvalue weighted by atomic mass is 10.2. The molecule has 21 heavy (non-hydrogen) atoms. The first-order valence-electron chi connectivity index (χ1n) is 6.60. The number of halogens is 1. The second kappa shape index (κ2) is 5.61. The highest BCUT2D eigenvalue weighted by Crippen LogP contribution is 2.21. The maximum absolute atomic E-state index is 11.5. The molecular formula is C13H15ClN6O. The predicted octanol–water partition coefficient (Wildman–Crippen LogP) is 0.332. The van der Waals surface area contributed by atoms with Gasteiger partial charge in [-0.25, -0.2) is 0 Å². The Kier molecular flexibility index (Phi) is 3.66. The van der Waals surface area contributed by atoms with Crippen molar-refractivity contribution in [2.45, 2.75) is 0 Å². The lowest BCUT2D eigenvalue weighted by Crippen LogP contribution is -2.49. The molecule has 8 heteroatoms. The summed E-state index contributed by atoms with van der Waals surface area (Å²) < 4.78 is 1.03. The largest absolute Gasteiger partial charge is 0.368 e. The summed E-state index contributed by atoms with van der Waals surface area (Å²) in [6.45, 7) is 3.01. The summed E-state index contributed by atoms with van der Waals surface area (Å²) >= 11 is 6.02. The number of aromatic nitrogens is 3. The number of anilines is 2. The Morgan fingerprint density at radius 3 is 2.57 bits per heavy atom. The fourth-order valence-electron chi connectivity index (χ4n) is 2.39. The molecular weight excluding hydrogens is 292 g/mol. The van der Waals surface area contributed by atoms with Crippen molar-refractivity contribution in [1.82, 2.24) is 14.9 Å². The molecule has 1 saturated heterocycles. The van der Waals surface area contributed by atoms with E-state index in [4.69, 9.17) is 17.4 Å². The molecule has 2 N–H and O–H groups in total. The van der Waals surface area contributed by atoms with Crippen LogP contribution in [0, 0.1) is 0 Å². The van der Waals surface area contributed by atoms with Crippen molar-refractivity contribution in [2.75, 3.05) is 41.8 Å². The molecule has 2 heterocycles. The van der Waals surface area contributed by atoms with Crippen molar-refractivity contribution in [3.05, 3.63) is 45.8 Å². The number of nitrogens with zero attached hydrogens (tertiary/aromatic N) is 5. The monoisotopic (exact) mass is 306 g/mol. The molecule has 110 valence electrons. The van der Waals surface area contributed by atoms with Gasteiger partial charge in [0.1, 0.15) is 6.20 Å². The van der Waals surface area contributed by atoms with E-state index in [-0.39, 0.29) is 5.56 Å². The van der Waals surface area contributed by atoms with Crippen LogP contribution >= 0.6 is 11.6 Å². The highest BCUT2D eigenvalue weighted by atomic mass is 35.5. The summed E-state index contributed by atoms with van der Waals surface area (Å²) in [6, 6.07) is 7.76. The summed E-state index contributed by atoms with van der Waals surface area (Å²) in [7, 11) is 0. The zero-order chi connectivity index (χ0) is 14.8. The smallest absolute Gasteiger partial charge is 0.292 e. The lowest BCUT2D eigenvalue weighted by Gasteiger charge is -2.36. The minimum atomic E-state index is -0.364. The van der Waals surface area contributed by atoms with E-state index in [1.165, 1.54) is 0 Å². The fraction of sp³-hybridized carbons (Fsp3) is 0.308. The molecule has 1 fully saturated rings. The molecule has 1 aromatic carbocycles. The van der Waals surface area contributed by atoms with Gasteiger partial charge < -0.3 is 15.6 Å². The van der Waals surface area contributed by atoms with Gasteiger partial charge in [0, 0.05) is 36.9 Å². The van der Waals surface area contributed by atoms with Gasteiger partial charge in [-0.1, -0.05) is 17.7 Å². The Labute approximate surface area is 126 Å². The molecule has 0 aliphatic carbocycles. The second-order valence-corrected chi connectivity index (χ2v) is 5.24. The van der Waals surface area contributed by atoms with Crippen molar-refractivity contribution in [2.24, 2.45) is 0 Å². The zero-order valence-electron chi connectivity index (χ0n) is 11.3. The number of rotatable bonds is 2. The minimum Gasteiger partial charge on any atom is -0.368 e. The van der Waals surface area contributed by atoms with Crippen LogP contribution in [-0.4, -0.2) is 41.1 Å². The summed E-state index contributed by atoms with van der Waals surface area (Å²) in [4.78, 5) is 15.7. The Balaban J connectivity index is 1.73. The van der Waals surface area contributed by atoms with Gasteiger partial charge in [-0.2, -0.15) is 4.68 Å². The van der Waals surface area contributed by atoms with Gasteiger partial charge >= 0.3 is 0 Å². The number of nitrogen functional groups attached to an aromatic ring is 1. The molecule has 7 nitrogen and oxygen atoms in total. The van der Waals surface area contributed by atoms with Crippen LogP contribution in [0.4, 0.5) is 11.6 Å². The van der Waals surface area contributed by atoms with E-state index in [9.17, 15) is 4.79 Å². The van der Waals surface area contributed by atoms with Crippen molar-refractivity contribution in [3.63, 3.8) is 0 Å². The molecule has 0 amide bonds. The van der Waals surface area contributed by atoms with Crippen LogP contribution in [0.25, 0.3) is 0 Å². The first kappa shape index (κ1) is 13.7. The number of benzene rings is 1. The van der Waals surface area contributed by atoms with Gasteiger partial charge in [0.2, 0.25) is 5.95 Å². The van der Waals surface area contributed by atoms with E-state index in [2.05, 4.69) is 15.1 Å². The zero-order valence-corrected chi connectivity index (χ0v) is 12.1. The van der Waals surface area contributed by atoms with Crippen molar-refractivity contribution in [3.8, 4) is 0 Å². The maximum Gasteiger partial charge on any atom is 0.292 e. The van der Waals surface area contributed by atoms with Gasteiger partial charge in [0.05, 0.1) is 0 Å². The topological polar surface area (TPSA) is 80.3 Å². The molecule has 1 aliphatic rings. The van der Waals surface area contributed by atoms with E-state index in [1.54, 1.807) is 0 Å². The average molecular weight is 307 g/mol. The highest BCUT2D eigenvalue weighted by Gasteiger charge is 2.21. The normalized spacial score (nSPS) is 15.3. The molecule has 1 aromatic heterocycles. The standard InChI is InChI=1S/C13H15ClN6O/c14-10-2-1-3-11(8-10)18-4-6-19(7-5-18)13-17-16-9-12(21)20(13)15/h1-3,8-9H,4-7,15H2. The molecule has 2 aromatic rings. The van der Waals surface area contributed by atoms with Gasteiger partial charge in [-0.15, -0.1) is 10.2 Å². The molecule has 0 saturated carbocycles. The van der Waals surface area contributed by atoms with Crippen LogP contribution in [-0.2, 0) is 0 Å². The van der Waals surface area contributed by atoms with E-state index < -0.39 is 0 Å². The van der Waals surface area contributed by atoms with Crippen LogP contribution in [0.2, 0.25) is 5.02 Å². The van der Waals surface area contributed by atoms with Crippen molar-refractivity contribution in [1.29, 1.82) is 0 Å². The first-order valence-corrected chi connectivity index (χ1v) is 6.98. The third kappa shape index (κ3) is 2.78. The summed E-state index contributed by atoms with van der Waals surface area (Å²) in [5.74, 6) is 6.10. The second-order valence-electron chi connectivity index (χ2n) is 4.81.